The first kappa shape index (κ1) is 15.0. The topological polar surface area (TPSA) is 29.5 Å². The fourth-order valence-electron chi connectivity index (χ4n) is 3.07. The first-order valence-electron chi connectivity index (χ1n) is 7.55. The van der Waals surface area contributed by atoms with Crippen LogP contribution in [0.1, 0.15) is 51.1 Å². The van der Waals surface area contributed by atoms with E-state index in [1.807, 2.05) is 25.1 Å². The van der Waals surface area contributed by atoms with Gasteiger partial charge in [0, 0.05) is 13.2 Å². The average molecular weight is 275 g/mol. The predicted octanol–water partition coefficient (Wildman–Crippen LogP) is 3.55. The summed E-state index contributed by atoms with van der Waals surface area (Å²) < 4.78 is 5.25. The van der Waals surface area contributed by atoms with Crippen molar-refractivity contribution in [2.45, 2.75) is 57.7 Å². The number of ether oxygens (including phenoxy) is 1. The lowest BCUT2D eigenvalue weighted by Crippen LogP contribution is -2.45. The molecular formula is C17H25NO2. The monoisotopic (exact) mass is 275 g/mol. The maximum atomic E-state index is 12.7. The highest BCUT2D eigenvalue weighted by molar-refractivity contribution is 5.81. The van der Waals surface area contributed by atoms with Crippen molar-refractivity contribution >= 4 is 5.91 Å². The summed E-state index contributed by atoms with van der Waals surface area (Å²) in [7, 11) is 1.60. The molecule has 0 saturated heterocycles. The number of nitrogens with zero attached hydrogens (tertiary/aromatic N) is 1. The summed E-state index contributed by atoms with van der Waals surface area (Å²) in [5.41, 5.74) is 1.19. The van der Waals surface area contributed by atoms with Gasteiger partial charge in [-0.25, -0.2) is 0 Å². The largest absolute Gasteiger partial charge is 0.372 e. The molecule has 0 heterocycles. The average Bonchev–Trinajstić information content (AvgIpc) is 3.01. The molecule has 0 bridgehead atoms. The molecule has 110 valence electrons. The van der Waals surface area contributed by atoms with Gasteiger partial charge in [0.25, 0.3) is 5.91 Å². The summed E-state index contributed by atoms with van der Waals surface area (Å²) in [4.78, 5) is 14.7. The third kappa shape index (κ3) is 3.21. The number of benzene rings is 1. The van der Waals surface area contributed by atoms with E-state index in [0.29, 0.717) is 6.04 Å². The third-order valence-corrected chi connectivity index (χ3v) is 4.37. The third-order valence-electron chi connectivity index (χ3n) is 4.37. The molecule has 0 spiro atoms. The van der Waals surface area contributed by atoms with Crippen LogP contribution < -0.4 is 0 Å². The Morgan fingerprint density at radius 2 is 1.80 bits per heavy atom. The number of methoxy groups -OCH3 is 1. The maximum absolute atomic E-state index is 12.7. The maximum Gasteiger partial charge on any atom is 0.252 e. The van der Waals surface area contributed by atoms with E-state index in [9.17, 15) is 4.79 Å². The zero-order chi connectivity index (χ0) is 14.5. The number of rotatable bonds is 5. The predicted molar refractivity (Wildman–Crippen MR) is 80.4 cm³/mol. The van der Waals surface area contributed by atoms with Gasteiger partial charge in [0.2, 0.25) is 0 Å². The Morgan fingerprint density at radius 1 is 1.20 bits per heavy atom. The number of carbonyl (C=O) groups excluding carboxylic acids is 1. The van der Waals surface area contributed by atoms with E-state index in [1.54, 1.807) is 7.11 Å². The van der Waals surface area contributed by atoms with Gasteiger partial charge in [-0.05, 0) is 32.3 Å². The minimum Gasteiger partial charge on any atom is -0.372 e. The molecule has 0 N–H and O–H groups in total. The summed E-state index contributed by atoms with van der Waals surface area (Å²) in [6.07, 6.45) is 4.29. The van der Waals surface area contributed by atoms with Gasteiger partial charge in [-0.15, -0.1) is 0 Å². The van der Waals surface area contributed by atoms with Crippen LogP contribution in [0.2, 0.25) is 0 Å². The van der Waals surface area contributed by atoms with Gasteiger partial charge in [0.05, 0.1) is 6.04 Å². The van der Waals surface area contributed by atoms with Crippen molar-refractivity contribution in [1.29, 1.82) is 0 Å². The molecule has 3 heteroatoms. The van der Waals surface area contributed by atoms with Crippen LogP contribution in [0.4, 0.5) is 0 Å². The molecule has 0 unspecified atom stereocenters. The molecule has 1 aliphatic carbocycles. The first-order valence-corrected chi connectivity index (χ1v) is 7.55. The van der Waals surface area contributed by atoms with Crippen molar-refractivity contribution in [1.82, 2.24) is 4.90 Å². The molecule has 0 aromatic heterocycles. The Bertz CT molecular complexity index is 426. The van der Waals surface area contributed by atoms with Crippen molar-refractivity contribution in [2.24, 2.45) is 0 Å². The number of hydrogen-bond acceptors (Lipinski definition) is 2. The lowest BCUT2D eigenvalue weighted by molar-refractivity contribution is -0.146. The minimum absolute atomic E-state index is 0.101. The van der Waals surface area contributed by atoms with Crippen molar-refractivity contribution in [3.63, 3.8) is 0 Å². The van der Waals surface area contributed by atoms with E-state index in [4.69, 9.17) is 4.74 Å². The highest BCUT2D eigenvalue weighted by atomic mass is 16.5. The van der Waals surface area contributed by atoms with Gasteiger partial charge in [0.1, 0.15) is 6.10 Å². The van der Waals surface area contributed by atoms with Crippen LogP contribution in [0, 0.1) is 0 Å². The molecule has 0 aliphatic heterocycles. The molecule has 1 aromatic rings. The van der Waals surface area contributed by atoms with E-state index in [1.165, 1.54) is 18.4 Å². The standard InChI is InChI=1S/C17H25NO2/c1-13(15-9-5-4-6-10-15)18(16-11-7-8-12-16)17(19)14(2)20-3/h4-6,9-10,13-14,16H,7-8,11-12H2,1-3H3/t13-,14+/m1/s1. The Balaban J connectivity index is 2.23. The second-order valence-corrected chi connectivity index (χ2v) is 5.65. The fourth-order valence-corrected chi connectivity index (χ4v) is 3.07. The summed E-state index contributed by atoms with van der Waals surface area (Å²) in [6.45, 7) is 3.95. The van der Waals surface area contributed by atoms with Crippen LogP contribution >= 0.6 is 0 Å². The van der Waals surface area contributed by atoms with Gasteiger partial charge < -0.3 is 9.64 Å². The normalized spacial score (nSPS) is 18.8. The first-order chi connectivity index (χ1) is 9.65. The molecule has 0 radical (unpaired) electrons. The lowest BCUT2D eigenvalue weighted by Gasteiger charge is -2.36. The van der Waals surface area contributed by atoms with E-state index >= 15 is 0 Å². The van der Waals surface area contributed by atoms with Crippen LogP contribution in [0.25, 0.3) is 0 Å². The molecule has 1 aliphatic rings. The second kappa shape index (κ2) is 6.89. The highest BCUT2D eigenvalue weighted by Crippen LogP contribution is 2.31. The summed E-state index contributed by atoms with van der Waals surface area (Å²) in [6, 6.07) is 10.7. The van der Waals surface area contributed by atoms with Crippen molar-refractivity contribution < 1.29 is 9.53 Å². The molecule has 2 rings (SSSR count). The van der Waals surface area contributed by atoms with Crippen LogP contribution in [-0.2, 0) is 9.53 Å². The van der Waals surface area contributed by atoms with E-state index in [2.05, 4.69) is 24.0 Å². The van der Waals surface area contributed by atoms with Crippen molar-refractivity contribution in [3.05, 3.63) is 35.9 Å². The molecular weight excluding hydrogens is 250 g/mol. The van der Waals surface area contributed by atoms with E-state index in [0.717, 1.165) is 12.8 Å². The summed E-state index contributed by atoms with van der Waals surface area (Å²) in [5, 5.41) is 0. The number of carbonyl (C=O) groups is 1. The molecule has 2 atom stereocenters. The highest BCUT2D eigenvalue weighted by Gasteiger charge is 2.33. The Kier molecular flexibility index (Phi) is 5.18. The van der Waals surface area contributed by atoms with Crippen molar-refractivity contribution in [2.75, 3.05) is 7.11 Å². The Morgan fingerprint density at radius 3 is 2.35 bits per heavy atom. The van der Waals surface area contributed by atoms with Gasteiger partial charge in [-0.3, -0.25) is 4.79 Å². The molecule has 1 amide bonds. The number of amides is 1. The zero-order valence-corrected chi connectivity index (χ0v) is 12.7. The van der Waals surface area contributed by atoms with Crippen LogP contribution in [0.15, 0.2) is 30.3 Å². The van der Waals surface area contributed by atoms with Gasteiger partial charge >= 0.3 is 0 Å². The smallest absolute Gasteiger partial charge is 0.252 e. The quantitative estimate of drug-likeness (QED) is 0.822. The van der Waals surface area contributed by atoms with Gasteiger partial charge in [-0.1, -0.05) is 43.2 Å². The fraction of sp³-hybridized carbons (Fsp3) is 0.588. The van der Waals surface area contributed by atoms with E-state index in [-0.39, 0.29) is 18.1 Å². The molecule has 20 heavy (non-hydrogen) atoms. The van der Waals surface area contributed by atoms with Crippen LogP contribution in [0.3, 0.4) is 0 Å². The van der Waals surface area contributed by atoms with E-state index < -0.39 is 0 Å². The Labute approximate surface area is 121 Å². The summed E-state index contributed by atoms with van der Waals surface area (Å²) >= 11 is 0. The van der Waals surface area contributed by atoms with Gasteiger partial charge in [-0.2, -0.15) is 0 Å². The molecule has 3 nitrogen and oxygen atoms in total. The second-order valence-electron chi connectivity index (χ2n) is 5.65. The van der Waals surface area contributed by atoms with Crippen molar-refractivity contribution in [3.8, 4) is 0 Å². The Hall–Kier alpha value is -1.35. The van der Waals surface area contributed by atoms with Crippen LogP contribution in [-0.4, -0.2) is 30.1 Å². The van der Waals surface area contributed by atoms with Crippen LogP contribution in [0.5, 0.6) is 0 Å². The van der Waals surface area contributed by atoms with Gasteiger partial charge in [0.15, 0.2) is 0 Å². The lowest BCUT2D eigenvalue weighted by atomic mass is 10.0. The number of hydrogen-bond donors (Lipinski definition) is 0. The molecule has 1 saturated carbocycles. The molecule has 1 fully saturated rings. The molecule has 1 aromatic carbocycles. The minimum atomic E-state index is -0.373. The summed E-state index contributed by atoms with van der Waals surface area (Å²) in [5.74, 6) is 0.107. The zero-order valence-electron chi connectivity index (χ0n) is 12.7. The SMILES string of the molecule is CO[C@@H](C)C(=O)N(C1CCCC1)[C@H](C)c1ccccc1.